The van der Waals surface area contributed by atoms with Gasteiger partial charge in [0, 0.05) is 35.3 Å². The van der Waals surface area contributed by atoms with E-state index in [0.717, 1.165) is 34.8 Å². The van der Waals surface area contributed by atoms with Crippen molar-refractivity contribution in [3.8, 4) is 17.1 Å². The number of aryl methyl sites for hydroxylation is 1. The molecule has 0 aliphatic heterocycles. The fourth-order valence-electron chi connectivity index (χ4n) is 4.52. The Morgan fingerprint density at radius 2 is 1.86 bits per heavy atom. The predicted molar refractivity (Wildman–Crippen MR) is 138 cm³/mol. The van der Waals surface area contributed by atoms with Crippen molar-refractivity contribution in [2.24, 2.45) is 5.92 Å². The van der Waals surface area contributed by atoms with Crippen molar-refractivity contribution in [2.75, 3.05) is 6.61 Å². The summed E-state index contributed by atoms with van der Waals surface area (Å²) in [5.41, 5.74) is 6.91. The van der Waals surface area contributed by atoms with E-state index in [0.29, 0.717) is 46.7 Å². The highest BCUT2D eigenvalue weighted by molar-refractivity contribution is 6.30. The van der Waals surface area contributed by atoms with E-state index >= 15 is 0 Å². The second kappa shape index (κ2) is 9.85. The molecule has 3 heterocycles. The van der Waals surface area contributed by atoms with Gasteiger partial charge in [-0.1, -0.05) is 23.7 Å². The van der Waals surface area contributed by atoms with Gasteiger partial charge in [-0.05, 0) is 64.2 Å². The molecular weight excluding hydrogens is 476 g/mol. The first-order valence-electron chi connectivity index (χ1n) is 12.2. The third-order valence-electron chi connectivity index (χ3n) is 6.61. The molecule has 0 bridgehead atoms. The highest BCUT2D eigenvalue weighted by Crippen LogP contribution is 2.34. The van der Waals surface area contributed by atoms with Gasteiger partial charge in [0.05, 0.1) is 29.4 Å². The number of hydrogen-bond donors (Lipinski definition) is 0. The quantitative estimate of drug-likeness (QED) is 0.303. The molecule has 0 radical (unpaired) electrons. The first kappa shape index (κ1) is 24.2. The Kier molecular flexibility index (Phi) is 6.62. The van der Waals surface area contributed by atoms with Crippen LogP contribution in [0.15, 0.2) is 36.7 Å². The fraction of sp³-hybridized carbons (Fsp3) is 0.370. The summed E-state index contributed by atoms with van der Waals surface area (Å²) in [6.07, 6.45) is 4.64. The maximum absolute atomic E-state index is 12.4. The lowest BCUT2D eigenvalue weighted by atomic mass is 10.0. The first-order valence-corrected chi connectivity index (χ1v) is 12.6. The van der Waals surface area contributed by atoms with Crippen LogP contribution in [-0.4, -0.2) is 42.1 Å². The minimum absolute atomic E-state index is 0.312. The Morgan fingerprint density at radius 1 is 1.11 bits per heavy atom. The zero-order chi connectivity index (χ0) is 25.4. The van der Waals surface area contributed by atoms with E-state index in [4.69, 9.17) is 21.4 Å². The van der Waals surface area contributed by atoms with Crippen LogP contribution >= 0.6 is 11.6 Å². The number of hydrogen-bond acceptors (Lipinski definition) is 6. The molecule has 3 aromatic heterocycles. The number of nitrogens with zero attached hydrogens (tertiary/aromatic N) is 6. The predicted octanol–water partition coefficient (Wildman–Crippen LogP) is 5.28. The zero-order valence-corrected chi connectivity index (χ0v) is 21.7. The van der Waals surface area contributed by atoms with Crippen LogP contribution in [-0.2, 0) is 17.7 Å². The summed E-state index contributed by atoms with van der Waals surface area (Å²) in [6, 6.07) is 9.73. The molecule has 1 fully saturated rings. The van der Waals surface area contributed by atoms with E-state index in [9.17, 15) is 4.79 Å². The SMILES string of the molecule is CCOC(=O)c1c(C)nn(-c2cc(Cc3c(C)c(-c4ccc(Cl)cc4)nn3CC3CC3)ncn2)c1C. The van der Waals surface area contributed by atoms with Crippen molar-refractivity contribution in [3.05, 3.63) is 75.6 Å². The number of halogens is 1. The van der Waals surface area contributed by atoms with Gasteiger partial charge in [-0.15, -0.1) is 0 Å². The summed E-state index contributed by atoms with van der Waals surface area (Å²) in [6.45, 7) is 8.77. The maximum atomic E-state index is 12.4. The summed E-state index contributed by atoms with van der Waals surface area (Å²) >= 11 is 6.11. The Balaban J connectivity index is 1.49. The number of ether oxygens (including phenoxy) is 1. The van der Waals surface area contributed by atoms with Gasteiger partial charge in [0.25, 0.3) is 0 Å². The van der Waals surface area contributed by atoms with Crippen LogP contribution in [0.2, 0.25) is 5.02 Å². The molecule has 0 spiro atoms. The summed E-state index contributed by atoms with van der Waals surface area (Å²) in [5.74, 6) is 0.917. The molecule has 8 nitrogen and oxygen atoms in total. The number of carbonyl (C=O) groups excluding carboxylic acids is 1. The zero-order valence-electron chi connectivity index (χ0n) is 21.0. The van der Waals surface area contributed by atoms with Crippen molar-refractivity contribution in [3.63, 3.8) is 0 Å². The van der Waals surface area contributed by atoms with E-state index in [-0.39, 0.29) is 5.97 Å². The summed E-state index contributed by atoms with van der Waals surface area (Å²) in [5, 5.41) is 10.3. The molecule has 186 valence electrons. The summed E-state index contributed by atoms with van der Waals surface area (Å²) < 4.78 is 9.03. The van der Waals surface area contributed by atoms with Crippen LogP contribution in [0.3, 0.4) is 0 Å². The average Bonchev–Trinajstić information content (AvgIpc) is 3.56. The molecule has 36 heavy (non-hydrogen) atoms. The van der Waals surface area contributed by atoms with E-state index in [1.165, 1.54) is 12.8 Å². The van der Waals surface area contributed by atoms with Crippen LogP contribution in [0.4, 0.5) is 0 Å². The van der Waals surface area contributed by atoms with Crippen LogP contribution in [0.25, 0.3) is 17.1 Å². The van der Waals surface area contributed by atoms with Crippen molar-refractivity contribution >= 4 is 17.6 Å². The molecule has 1 saturated carbocycles. The van der Waals surface area contributed by atoms with Crippen molar-refractivity contribution < 1.29 is 9.53 Å². The van der Waals surface area contributed by atoms with Gasteiger partial charge in [-0.2, -0.15) is 10.2 Å². The van der Waals surface area contributed by atoms with Gasteiger partial charge < -0.3 is 4.74 Å². The van der Waals surface area contributed by atoms with Crippen LogP contribution < -0.4 is 0 Å². The smallest absolute Gasteiger partial charge is 0.341 e. The molecule has 9 heteroatoms. The van der Waals surface area contributed by atoms with E-state index < -0.39 is 0 Å². The second-order valence-corrected chi connectivity index (χ2v) is 9.71. The number of carbonyl (C=O) groups is 1. The molecule has 0 atom stereocenters. The van der Waals surface area contributed by atoms with Crippen molar-refractivity contribution in [1.82, 2.24) is 29.5 Å². The van der Waals surface area contributed by atoms with E-state index in [2.05, 4.69) is 26.7 Å². The maximum Gasteiger partial charge on any atom is 0.341 e. The van der Waals surface area contributed by atoms with E-state index in [1.54, 1.807) is 24.9 Å². The molecule has 1 aromatic carbocycles. The van der Waals surface area contributed by atoms with Crippen LogP contribution in [0.5, 0.6) is 0 Å². The minimum Gasteiger partial charge on any atom is -0.462 e. The molecule has 1 aliphatic rings. The number of rotatable bonds is 8. The van der Waals surface area contributed by atoms with Gasteiger partial charge in [0.15, 0.2) is 5.82 Å². The van der Waals surface area contributed by atoms with Crippen LogP contribution in [0.1, 0.15) is 58.5 Å². The largest absolute Gasteiger partial charge is 0.462 e. The average molecular weight is 505 g/mol. The molecule has 0 amide bonds. The van der Waals surface area contributed by atoms with Crippen molar-refractivity contribution in [2.45, 2.75) is 53.5 Å². The molecule has 1 aliphatic carbocycles. The van der Waals surface area contributed by atoms with Gasteiger partial charge in [0.2, 0.25) is 0 Å². The Morgan fingerprint density at radius 3 is 2.56 bits per heavy atom. The minimum atomic E-state index is -0.373. The van der Waals surface area contributed by atoms with Gasteiger partial charge >= 0.3 is 5.97 Å². The Bertz CT molecular complexity index is 1420. The lowest BCUT2D eigenvalue weighted by Gasteiger charge is -2.09. The van der Waals surface area contributed by atoms with Gasteiger partial charge in [-0.3, -0.25) is 4.68 Å². The Labute approximate surface area is 215 Å². The van der Waals surface area contributed by atoms with Gasteiger partial charge in [0.1, 0.15) is 11.9 Å². The monoisotopic (exact) mass is 504 g/mol. The first-order chi connectivity index (χ1) is 17.4. The Hall–Kier alpha value is -3.52. The molecular formula is C27H29ClN6O2. The number of esters is 1. The summed E-state index contributed by atoms with van der Waals surface area (Å²) in [4.78, 5) is 21.4. The second-order valence-electron chi connectivity index (χ2n) is 9.28. The third-order valence-corrected chi connectivity index (χ3v) is 6.86. The van der Waals surface area contributed by atoms with Crippen molar-refractivity contribution in [1.29, 1.82) is 0 Å². The molecule has 4 aromatic rings. The standard InChI is InChI=1S/C27H29ClN6O2/c1-5-36-27(35)25-17(3)31-34(18(25)4)24-13-22(29-15-30-24)12-23-16(2)26(20-8-10-21(28)11-9-20)32-33(23)14-19-6-7-19/h8-11,13,15,19H,5-7,12,14H2,1-4H3. The highest BCUT2D eigenvalue weighted by atomic mass is 35.5. The molecule has 0 unspecified atom stereocenters. The van der Waals surface area contributed by atoms with E-state index in [1.807, 2.05) is 37.3 Å². The molecule has 0 saturated heterocycles. The summed E-state index contributed by atoms with van der Waals surface area (Å²) in [7, 11) is 0. The van der Waals surface area contributed by atoms with Crippen LogP contribution in [0, 0.1) is 26.7 Å². The molecule has 0 N–H and O–H groups in total. The van der Waals surface area contributed by atoms with Gasteiger partial charge in [-0.25, -0.2) is 19.4 Å². The normalized spacial score (nSPS) is 13.2. The fourth-order valence-corrected chi connectivity index (χ4v) is 4.65. The lowest BCUT2D eigenvalue weighted by Crippen LogP contribution is -2.10. The topological polar surface area (TPSA) is 87.7 Å². The number of aromatic nitrogens is 6. The number of benzene rings is 1. The lowest BCUT2D eigenvalue weighted by molar-refractivity contribution is 0.0524. The highest BCUT2D eigenvalue weighted by Gasteiger charge is 2.26. The molecule has 5 rings (SSSR count). The third kappa shape index (κ3) is 4.78.